The van der Waals surface area contributed by atoms with Gasteiger partial charge in [0.25, 0.3) is 0 Å². The van der Waals surface area contributed by atoms with Gasteiger partial charge in [0.1, 0.15) is 24.4 Å². The van der Waals surface area contributed by atoms with Gasteiger partial charge in [-0.1, -0.05) is 13.8 Å². The predicted octanol–water partition coefficient (Wildman–Crippen LogP) is 2.75. The van der Waals surface area contributed by atoms with Crippen LogP contribution in [0.2, 0.25) is 0 Å². The van der Waals surface area contributed by atoms with Gasteiger partial charge in [-0.2, -0.15) is 0 Å². The van der Waals surface area contributed by atoms with Crippen molar-refractivity contribution < 1.29 is 47.5 Å². The van der Waals surface area contributed by atoms with Crippen LogP contribution >= 0.6 is 0 Å². The van der Waals surface area contributed by atoms with Crippen molar-refractivity contribution in [2.75, 3.05) is 20.3 Å². The molecule has 0 radical (unpaired) electrons. The first-order valence-corrected chi connectivity index (χ1v) is 13.4. The van der Waals surface area contributed by atoms with Crippen LogP contribution in [0.15, 0.2) is 0 Å². The summed E-state index contributed by atoms with van der Waals surface area (Å²) in [7, 11) is 1.64. The average Bonchev–Trinajstić information content (AvgIpc) is 3.35. The van der Waals surface area contributed by atoms with Crippen LogP contribution in [0, 0.1) is 28.6 Å². The molecule has 0 aromatic carbocycles. The third-order valence-corrected chi connectivity index (χ3v) is 9.78. The lowest BCUT2D eigenvalue weighted by Gasteiger charge is -2.64. The molecule has 5 fully saturated rings. The Labute approximate surface area is 217 Å². The Morgan fingerprint density at radius 2 is 1.68 bits per heavy atom. The summed E-state index contributed by atoms with van der Waals surface area (Å²) in [5, 5.41) is 0. The molecule has 10 heteroatoms. The van der Waals surface area contributed by atoms with Crippen molar-refractivity contribution in [3.63, 3.8) is 0 Å². The van der Waals surface area contributed by atoms with Crippen molar-refractivity contribution in [2.45, 2.75) is 103 Å². The smallest absolute Gasteiger partial charge is 0.303 e. The summed E-state index contributed by atoms with van der Waals surface area (Å²) in [4.78, 5) is 36.7. The zero-order valence-electron chi connectivity index (χ0n) is 22.7. The maximum atomic E-state index is 12.4. The minimum atomic E-state index is -0.917. The maximum Gasteiger partial charge on any atom is 0.303 e. The molecule has 208 valence electrons. The summed E-state index contributed by atoms with van der Waals surface area (Å²) < 4.78 is 41.8. The molecule has 0 N–H and O–H groups in total. The van der Waals surface area contributed by atoms with E-state index in [1.165, 1.54) is 20.8 Å². The van der Waals surface area contributed by atoms with E-state index in [0.717, 1.165) is 19.3 Å². The fourth-order valence-electron chi connectivity index (χ4n) is 8.47. The standard InChI is InChI=1S/C27H40O10/c1-14-11-25(5,21-9-18-10-22(31-6)37-24(18)36-21)19-7-8-20(34-16(3)29)27(13-33-27)26(19,12-32-15(2)28)23(14)35-17(4)30/h14,18-24H,7-13H2,1-6H3. The highest BCUT2D eigenvalue weighted by Gasteiger charge is 2.80. The minimum absolute atomic E-state index is 0.00443. The second-order valence-corrected chi connectivity index (χ2v) is 12.0. The Morgan fingerprint density at radius 3 is 2.24 bits per heavy atom. The van der Waals surface area contributed by atoms with Crippen LogP contribution in [0.1, 0.15) is 66.7 Å². The molecule has 5 aliphatic rings. The van der Waals surface area contributed by atoms with Gasteiger partial charge in [-0.25, -0.2) is 0 Å². The molecule has 11 unspecified atom stereocenters. The van der Waals surface area contributed by atoms with Gasteiger partial charge in [0.15, 0.2) is 12.6 Å². The first-order chi connectivity index (χ1) is 17.5. The molecule has 11 atom stereocenters. The Bertz CT molecular complexity index is 918. The van der Waals surface area contributed by atoms with Gasteiger partial charge < -0.3 is 33.2 Å². The van der Waals surface area contributed by atoms with E-state index in [1.54, 1.807) is 7.11 Å². The van der Waals surface area contributed by atoms with Gasteiger partial charge in [-0.15, -0.1) is 0 Å². The van der Waals surface area contributed by atoms with Crippen LogP contribution in [0.4, 0.5) is 0 Å². The minimum Gasteiger partial charge on any atom is -0.465 e. The molecule has 5 rings (SSSR count). The monoisotopic (exact) mass is 524 g/mol. The van der Waals surface area contributed by atoms with Gasteiger partial charge in [0.2, 0.25) is 0 Å². The summed E-state index contributed by atoms with van der Waals surface area (Å²) >= 11 is 0. The van der Waals surface area contributed by atoms with Crippen molar-refractivity contribution in [1.82, 2.24) is 0 Å². The quantitative estimate of drug-likeness (QED) is 0.291. The molecule has 3 heterocycles. The molecule has 1 spiro atoms. The average molecular weight is 525 g/mol. The van der Waals surface area contributed by atoms with Gasteiger partial charge in [0.05, 0.1) is 18.1 Å². The second kappa shape index (κ2) is 9.47. The van der Waals surface area contributed by atoms with E-state index >= 15 is 0 Å². The number of esters is 3. The predicted molar refractivity (Wildman–Crippen MR) is 127 cm³/mol. The van der Waals surface area contributed by atoms with Gasteiger partial charge >= 0.3 is 17.9 Å². The summed E-state index contributed by atoms with van der Waals surface area (Å²) in [6, 6.07) is 0. The third-order valence-electron chi connectivity index (χ3n) is 9.78. The largest absolute Gasteiger partial charge is 0.465 e. The van der Waals surface area contributed by atoms with Crippen LogP contribution in [-0.2, 0) is 47.5 Å². The molecule has 2 aliphatic carbocycles. The van der Waals surface area contributed by atoms with E-state index in [9.17, 15) is 14.4 Å². The number of rotatable bonds is 6. The van der Waals surface area contributed by atoms with Crippen LogP contribution in [0.3, 0.4) is 0 Å². The van der Waals surface area contributed by atoms with E-state index in [4.69, 9.17) is 33.2 Å². The summed E-state index contributed by atoms with van der Waals surface area (Å²) in [6.07, 6.45) is 1.85. The van der Waals surface area contributed by atoms with Crippen molar-refractivity contribution in [3.05, 3.63) is 0 Å². The molecule has 2 saturated carbocycles. The number of fused-ring (bicyclic) bond motifs is 3. The molecule has 10 nitrogen and oxygen atoms in total. The first kappa shape index (κ1) is 26.8. The Balaban J connectivity index is 1.57. The van der Waals surface area contributed by atoms with E-state index < -0.39 is 41.1 Å². The number of carbonyl (C=O) groups excluding carboxylic acids is 3. The second-order valence-electron chi connectivity index (χ2n) is 12.0. The summed E-state index contributed by atoms with van der Waals surface area (Å²) in [5.74, 6) is -1.16. The van der Waals surface area contributed by atoms with Crippen molar-refractivity contribution in [3.8, 4) is 0 Å². The fourth-order valence-corrected chi connectivity index (χ4v) is 8.47. The molecular formula is C27H40O10. The van der Waals surface area contributed by atoms with Crippen LogP contribution in [0.25, 0.3) is 0 Å². The lowest BCUT2D eigenvalue weighted by atomic mass is 9.42. The van der Waals surface area contributed by atoms with Crippen molar-refractivity contribution in [1.29, 1.82) is 0 Å². The molecule has 3 aliphatic heterocycles. The van der Waals surface area contributed by atoms with E-state index in [0.29, 0.717) is 19.4 Å². The van der Waals surface area contributed by atoms with E-state index in [2.05, 4.69) is 13.8 Å². The highest BCUT2D eigenvalue weighted by molar-refractivity contribution is 5.67. The van der Waals surface area contributed by atoms with Gasteiger partial charge in [-0.3, -0.25) is 14.4 Å². The molecule has 3 saturated heterocycles. The fraction of sp³-hybridized carbons (Fsp3) is 0.889. The summed E-state index contributed by atoms with van der Waals surface area (Å²) in [5.41, 5.74) is -2.18. The SMILES string of the molecule is COC1CC2CC(C3(C)CC(C)C(OC(C)=O)C4(COC(C)=O)C3CCC(OC(C)=O)C43CO3)OC2O1. The lowest BCUT2D eigenvalue weighted by molar-refractivity contribution is -0.275. The lowest BCUT2D eigenvalue weighted by Crippen LogP contribution is -2.72. The Kier molecular flexibility index (Phi) is 6.87. The van der Waals surface area contributed by atoms with Crippen LogP contribution in [0.5, 0.6) is 0 Å². The number of methoxy groups -OCH3 is 1. The number of carbonyl (C=O) groups is 3. The van der Waals surface area contributed by atoms with E-state index in [-0.39, 0.29) is 48.5 Å². The van der Waals surface area contributed by atoms with E-state index in [1.807, 2.05) is 0 Å². The number of hydrogen-bond acceptors (Lipinski definition) is 10. The first-order valence-electron chi connectivity index (χ1n) is 13.4. The number of hydrogen-bond donors (Lipinski definition) is 0. The molecule has 0 amide bonds. The third kappa shape index (κ3) is 4.19. The Morgan fingerprint density at radius 1 is 0.973 bits per heavy atom. The highest BCUT2D eigenvalue weighted by atomic mass is 16.8. The molecule has 37 heavy (non-hydrogen) atoms. The van der Waals surface area contributed by atoms with Crippen molar-refractivity contribution >= 4 is 17.9 Å². The zero-order valence-corrected chi connectivity index (χ0v) is 22.7. The number of epoxide rings is 1. The van der Waals surface area contributed by atoms with Gasteiger partial charge in [0, 0.05) is 40.2 Å². The summed E-state index contributed by atoms with van der Waals surface area (Å²) in [6.45, 7) is 8.79. The molecule has 0 aromatic rings. The highest BCUT2D eigenvalue weighted by Crippen LogP contribution is 2.70. The van der Waals surface area contributed by atoms with Crippen LogP contribution < -0.4 is 0 Å². The number of ether oxygens (including phenoxy) is 7. The van der Waals surface area contributed by atoms with Crippen LogP contribution in [-0.4, -0.2) is 74.7 Å². The molecular weight excluding hydrogens is 484 g/mol. The molecule has 0 bridgehead atoms. The molecule has 0 aromatic heterocycles. The zero-order chi connectivity index (χ0) is 26.8. The normalized spacial score (nSPS) is 48.2. The maximum absolute atomic E-state index is 12.4. The van der Waals surface area contributed by atoms with Crippen molar-refractivity contribution in [2.24, 2.45) is 28.6 Å². The topological polar surface area (TPSA) is 119 Å². The van der Waals surface area contributed by atoms with Gasteiger partial charge in [-0.05, 0) is 42.9 Å². The Hall–Kier alpha value is -1.75.